The second kappa shape index (κ2) is 5.42. The third-order valence-corrected chi connectivity index (χ3v) is 2.85. The van der Waals surface area contributed by atoms with Gasteiger partial charge in [0.15, 0.2) is 5.69 Å². The van der Waals surface area contributed by atoms with E-state index in [0.717, 1.165) is 0 Å². The number of hydrogen-bond acceptors (Lipinski definition) is 3. The number of rotatable bonds is 3. The van der Waals surface area contributed by atoms with E-state index >= 15 is 0 Å². The molecule has 0 saturated carbocycles. The first-order valence-electron chi connectivity index (χ1n) is 5.28. The minimum absolute atomic E-state index is 0.299. The molecule has 0 aliphatic rings. The van der Waals surface area contributed by atoms with Gasteiger partial charge in [0.1, 0.15) is 0 Å². The molecule has 1 aromatic carbocycles. The number of ether oxygens (including phenoxy) is 1. The number of carbonyl (C=O) groups is 1. The lowest BCUT2D eigenvalue weighted by Crippen LogP contribution is -2.10. The summed E-state index contributed by atoms with van der Waals surface area (Å²) < 4.78 is 6.49. The van der Waals surface area contributed by atoms with Crippen LogP contribution in [0.4, 0.5) is 0 Å². The maximum Gasteiger partial charge on any atom is 0.356 e. The number of esters is 1. The first-order chi connectivity index (χ1) is 8.63. The van der Waals surface area contributed by atoms with E-state index < -0.39 is 5.97 Å². The van der Waals surface area contributed by atoms with Crippen molar-refractivity contribution in [1.82, 2.24) is 9.55 Å². The van der Waals surface area contributed by atoms with E-state index in [0.29, 0.717) is 28.0 Å². The zero-order valence-electron chi connectivity index (χ0n) is 9.56. The highest BCUT2D eigenvalue weighted by atomic mass is 35.5. The minimum atomic E-state index is -0.453. The molecule has 4 nitrogen and oxygen atoms in total. The molecule has 6 heteroatoms. The Labute approximate surface area is 114 Å². The summed E-state index contributed by atoms with van der Waals surface area (Å²) >= 11 is 12.0. The van der Waals surface area contributed by atoms with Crippen LogP contribution in [0.2, 0.25) is 10.0 Å². The third kappa shape index (κ3) is 2.49. The van der Waals surface area contributed by atoms with E-state index in [9.17, 15) is 4.79 Å². The average Bonchev–Trinajstić information content (AvgIpc) is 2.81. The zero-order chi connectivity index (χ0) is 13.1. The molecular weight excluding hydrogens is 275 g/mol. The monoisotopic (exact) mass is 284 g/mol. The molecule has 0 bridgehead atoms. The molecule has 1 heterocycles. The van der Waals surface area contributed by atoms with Gasteiger partial charge < -0.3 is 4.74 Å². The molecule has 0 radical (unpaired) electrons. The summed E-state index contributed by atoms with van der Waals surface area (Å²) in [7, 11) is 0. The van der Waals surface area contributed by atoms with Crippen molar-refractivity contribution in [3.63, 3.8) is 0 Å². The van der Waals surface area contributed by atoms with Crippen molar-refractivity contribution in [2.24, 2.45) is 0 Å². The lowest BCUT2D eigenvalue weighted by Gasteiger charge is -2.09. The minimum Gasteiger partial charge on any atom is -0.461 e. The first-order valence-corrected chi connectivity index (χ1v) is 6.04. The van der Waals surface area contributed by atoms with Crippen LogP contribution < -0.4 is 0 Å². The lowest BCUT2D eigenvalue weighted by molar-refractivity contribution is 0.0517. The Morgan fingerprint density at radius 2 is 2.22 bits per heavy atom. The molecule has 0 spiro atoms. The Morgan fingerprint density at radius 1 is 1.44 bits per heavy atom. The quantitative estimate of drug-likeness (QED) is 0.812. The van der Waals surface area contributed by atoms with E-state index in [1.807, 2.05) is 0 Å². The van der Waals surface area contributed by atoms with Crippen molar-refractivity contribution in [1.29, 1.82) is 0 Å². The summed E-state index contributed by atoms with van der Waals surface area (Å²) in [5.41, 5.74) is 0.894. The van der Waals surface area contributed by atoms with Gasteiger partial charge in [-0.15, -0.1) is 0 Å². The van der Waals surface area contributed by atoms with Crippen LogP contribution in [0.5, 0.6) is 0 Å². The van der Waals surface area contributed by atoms with Gasteiger partial charge in [-0.1, -0.05) is 23.2 Å². The van der Waals surface area contributed by atoms with Crippen molar-refractivity contribution in [3.8, 4) is 5.69 Å². The van der Waals surface area contributed by atoms with E-state index in [2.05, 4.69) is 4.98 Å². The van der Waals surface area contributed by atoms with Crippen molar-refractivity contribution in [3.05, 3.63) is 46.5 Å². The molecule has 0 aliphatic carbocycles. The van der Waals surface area contributed by atoms with Gasteiger partial charge in [-0.2, -0.15) is 0 Å². The standard InChI is InChI=1S/C12H10Cl2N2O2/c1-2-18-12(17)11-6-15-7-16(11)10-5-8(13)3-4-9(10)14/h3-7H,2H2,1H3. The Kier molecular flexibility index (Phi) is 3.89. The average molecular weight is 285 g/mol. The Hall–Kier alpha value is -1.52. The number of hydrogen-bond donors (Lipinski definition) is 0. The summed E-state index contributed by atoms with van der Waals surface area (Å²) in [6, 6.07) is 5.00. The third-order valence-electron chi connectivity index (χ3n) is 2.29. The molecule has 1 aromatic heterocycles. The maximum atomic E-state index is 11.7. The van der Waals surface area contributed by atoms with Crippen LogP contribution in [0.25, 0.3) is 5.69 Å². The molecule has 0 fully saturated rings. The predicted molar refractivity (Wildman–Crippen MR) is 69.5 cm³/mol. The molecule has 0 unspecified atom stereocenters. The molecule has 0 saturated heterocycles. The maximum absolute atomic E-state index is 11.7. The molecular formula is C12H10Cl2N2O2. The molecule has 2 aromatic rings. The van der Waals surface area contributed by atoms with E-state index in [1.165, 1.54) is 12.5 Å². The summed E-state index contributed by atoms with van der Waals surface area (Å²) in [5.74, 6) is -0.453. The predicted octanol–water partition coefficient (Wildman–Crippen LogP) is 3.36. The van der Waals surface area contributed by atoms with Crippen LogP contribution in [0.15, 0.2) is 30.7 Å². The van der Waals surface area contributed by atoms with Gasteiger partial charge in [0.2, 0.25) is 0 Å². The van der Waals surface area contributed by atoms with Crippen molar-refractivity contribution in [2.75, 3.05) is 6.61 Å². The van der Waals surface area contributed by atoms with Gasteiger partial charge in [0, 0.05) is 5.02 Å². The highest BCUT2D eigenvalue weighted by molar-refractivity contribution is 6.34. The van der Waals surface area contributed by atoms with Crippen molar-refractivity contribution >= 4 is 29.2 Å². The highest BCUT2D eigenvalue weighted by Gasteiger charge is 2.15. The second-order valence-corrected chi connectivity index (χ2v) is 4.31. The van der Waals surface area contributed by atoms with Crippen LogP contribution in [-0.4, -0.2) is 22.1 Å². The fraction of sp³-hybridized carbons (Fsp3) is 0.167. The molecule has 0 N–H and O–H groups in total. The van der Waals surface area contributed by atoms with Crippen LogP contribution in [0.3, 0.4) is 0 Å². The van der Waals surface area contributed by atoms with Gasteiger partial charge in [0.05, 0.1) is 29.8 Å². The van der Waals surface area contributed by atoms with Gasteiger partial charge >= 0.3 is 5.97 Å². The fourth-order valence-electron chi connectivity index (χ4n) is 1.51. The van der Waals surface area contributed by atoms with E-state index in [-0.39, 0.29) is 0 Å². The zero-order valence-corrected chi connectivity index (χ0v) is 11.1. The molecule has 0 aliphatic heterocycles. The number of benzene rings is 1. The number of nitrogens with zero attached hydrogens (tertiary/aromatic N) is 2. The number of carbonyl (C=O) groups excluding carboxylic acids is 1. The highest BCUT2D eigenvalue weighted by Crippen LogP contribution is 2.25. The molecule has 18 heavy (non-hydrogen) atoms. The van der Waals surface area contributed by atoms with Crippen LogP contribution in [-0.2, 0) is 4.74 Å². The van der Waals surface area contributed by atoms with E-state index in [1.54, 1.807) is 29.7 Å². The fourth-order valence-corrected chi connectivity index (χ4v) is 1.89. The Bertz CT molecular complexity index is 581. The van der Waals surface area contributed by atoms with Gasteiger partial charge in [-0.05, 0) is 25.1 Å². The molecule has 0 amide bonds. The van der Waals surface area contributed by atoms with Gasteiger partial charge in [-0.3, -0.25) is 4.57 Å². The Balaban J connectivity index is 2.48. The molecule has 0 atom stereocenters. The molecule has 2 rings (SSSR count). The topological polar surface area (TPSA) is 44.1 Å². The van der Waals surface area contributed by atoms with Crippen LogP contribution in [0.1, 0.15) is 17.4 Å². The SMILES string of the molecule is CCOC(=O)c1cncn1-c1cc(Cl)ccc1Cl. The largest absolute Gasteiger partial charge is 0.461 e. The van der Waals surface area contributed by atoms with Crippen molar-refractivity contribution < 1.29 is 9.53 Å². The van der Waals surface area contributed by atoms with E-state index in [4.69, 9.17) is 27.9 Å². The number of imidazole rings is 1. The molecule has 94 valence electrons. The van der Waals surface area contributed by atoms with Crippen LogP contribution in [0, 0.1) is 0 Å². The van der Waals surface area contributed by atoms with Gasteiger partial charge in [0.25, 0.3) is 0 Å². The number of halogens is 2. The second-order valence-electron chi connectivity index (χ2n) is 3.47. The smallest absolute Gasteiger partial charge is 0.356 e. The summed E-state index contributed by atoms with van der Waals surface area (Å²) in [4.78, 5) is 15.7. The van der Waals surface area contributed by atoms with Crippen LogP contribution >= 0.6 is 23.2 Å². The lowest BCUT2D eigenvalue weighted by atomic mass is 10.3. The number of aromatic nitrogens is 2. The van der Waals surface area contributed by atoms with Gasteiger partial charge in [-0.25, -0.2) is 9.78 Å². The van der Waals surface area contributed by atoms with Crippen molar-refractivity contribution in [2.45, 2.75) is 6.92 Å². The summed E-state index contributed by atoms with van der Waals surface area (Å²) in [6.45, 7) is 2.04. The summed E-state index contributed by atoms with van der Waals surface area (Å²) in [6.07, 6.45) is 2.92. The first kappa shape index (κ1) is 12.9. The normalized spacial score (nSPS) is 10.4. The summed E-state index contributed by atoms with van der Waals surface area (Å²) in [5, 5.41) is 1.00. The Morgan fingerprint density at radius 3 is 2.94 bits per heavy atom.